The Labute approximate surface area is 118 Å². The largest absolute Gasteiger partial charge is 0.399 e. The van der Waals surface area contributed by atoms with Gasteiger partial charge in [0, 0.05) is 22.7 Å². The summed E-state index contributed by atoms with van der Waals surface area (Å²) in [7, 11) is -1.01. The van der Waals surface area contributed by atoms with E-state index in [-0.39, 0.29) is 16.6 Å². The van der Waals surface area contributed by atoms with Gasteiger partial charge in [-0.15, -0.1) is 5.10 Å². The number of halogens is 1. The predicted octanol–water partition coefficient (Wildman–Crippen LogP) is 1.14. The van der Waals surface area contributed by atoms with Crippen molar-refractivity contribution in [2.75, 3.05) is 12.0 Å². The summed E-state index contributed by atoms with van der Waals surface area (Å²) in [5, 5.41) is 11.1. The lowest BCUT2D eigenvalue weighted by Gasteiger charge is -2.11. The number of hydrogen-bond donors (Lipinski definition) is 1. The summed E-state index contributed by atoms with van der Waals surface area (Å²) in [6.45, 7) is 3.80. The Morgan fingerprint density at radius 1 is 1.50 bits per heavy atom. The van der Waals surface area contributed by atoms with E-state index < -0.39 is 16.6 Å². The molecule has 2 N–H and O–H groups in total. The Kier molecular flexibility index (Phi) is 4.12. The standard InChI is InChI=1S/C12H16FN5OS/c1-7-4-9(14)5-10(11(7)13)12-15-16-17-18(12)6-8(2)20(3)19/h4-5,8H,6,14H2,1-3H3. The fourth-order valence-electron chi connectivity index (χ4n) is 1.83. The summed E-state index contributed by atoms with van der Waals surface area (Å²) in [6.07, 6.45) is 1.61. The first-order valence-electron chi connectivity index (χ1n) is 6.04. The van der Waals surface area contributed by atoms with Gasteiger partial charge in [0.25, 0.3) is 0 Å². The van der Waals surface area contributed by atoms with E-state index in [9.17, 15) is 8.60 Å². The lowest BCUT2D eigenvalue weighted by molar-refractivity contribution is 0.574. The smallest absolute Gasteiger partial charge is 0.185 e. The first-order chi connectivity index (χ1) is 9.40. The minimum Gasteiger partial charge on any atom is -0.399 e. The van der Waals surface area contributed by atoms with Gasteiger partial charge < -0.3 is 5.73 Å². The Hall–Kier alpha value is -1.83. The lowest BCUT2D eigenvalue weighted by atomic mass is 10.1. The molecule has 2 aromatic rings. The second-order valence-corrected chi connectivity index (χ2v) is 6.50. The van der Waals surface area contributed by atoms with Gasteiger partial charge in [-0.3, -0.25) is 4.21 Å². The summed E-state index contributed by atoms with van der Waals surface area (Å²) in [5.74, 6) is -0.115. The first kappa shape index (κ1) is 14.6. The predicted molar refractivity (Wildman–Crippen MR) is 75.9 cm³/mol. The molecule has 0 amide bonds. The van der Waals surface area contributed by atoms with Gasteiger partial charge in [-0.25, -0.2) is 9.07 Å². The maximum Gasteiger partial charge on any atom is 0.185 e. The van der Waals surface area contributed by atoms with Crippen molar-refractivity contribution in [2.24, 2.45) is 0 Å². The van der Waals surface area contributed by atoms with Gasteiger partial charge in [0.05, 0.1) is 17.4 Å². The molecule has 0 bridgehead atoms. The highest BCUT2D eigenvalue weighted by molar-refractivity contribution is 7.84. The molecule has 1 aromatic carbocycles. The Bertz CT molecular complexity index is 657. The van der Waals surface area contributed by atoms with Crippen LogP contribution in [0.4, 0.5) is 10.1 Å². The molecule has 0 radical (unpaired) electrons. The second kappa shape index (κ2) is 5.66. The molecule has 1 aromatic heterocycles. The summed E-state index contributed by atoms with van der Waals surface area (Å²) < 4.78 is 27.1. The van der Waals surface area contributed by atoms with Crippen LogP contribution in [-0.2, 0) is 17.3 Å². The minimum absolute atomic E-state index is 0.137. The van der Waals surface area contributed by atoms with Crippen LogP contribution in [0.15, 0.2) is 12.1 Å². The average molecular weight is 297 g/mol. The van der Waals surface area contributed by atoms with Crippen LogP contribution in [0.1, 0.15) is 12.5 Å². The summed E-state index contributed by atoms with van der Waals surface area (Å²) >= 11 is 0. The number of anilines is 1. The Morgan fingerprint density at radius 3 is 2.85 bits per heavy atom. The van der Waals surface area contributed by atoms with E-state index >= 15 is 0 Å². The molecular formula is C12H16FN5OS. The number of aryl methyl sites for hydroxylation is 1. The molecule has 2 atom stereocenters. The molecule has 0 aliphatic heterocycles. The third-order valence-electron chi connectivity index (χ3n) is 3.05. The number of tetrazole rings is 1. The zero-order chi connectivity index (χ0) is 14.9. The third kappa shape index (κ3) is 2.84. The van der Waals surface area contributed by atoms with Crippen LogP contribution in [-0.4, -0.2) is 35.9 Å². The monoisotopic (exact) mass is 297 g/mol. The van der Waals surface area contributed by atoms with E-state index in [2.05, 4.69) is 15.5 Å². The zero-order valence-electron chi connectivity index (χ0n) is 11.5. The van der Waals surface area contributed by atoms with Gasteiger partial charge in [0.1, 0.15) is 5.82 Å². The van der Waals surface area contributed by atoms with Crippen molar-refractivity contribution in [2.45, 2.75) is 25.6 Å². The van der Waals surface area contributed by atoms with Gasteiger partial charge in [0.15, 0.2) is 5.82 Å². The van der Waals surface area contributed by atoms with Crippen LogP contribution in [0.25, 0.3) is 11.4 Å². The van der Waals surface area contributed by atoms with Crippen molar-refractivity contribution in [1.82, 2.24) is 20.2 Å². The number of hydrogen-bond acceptors (Lipinski definition) is 5. The SMILES string of the molecule is Cc1cc(N)cc(-c2nnnn2CC(C)S(C)=O)c1F. The second-order valence-electron chi connectivity index (χ2n) is 4.69. The lowest BCUT2D eigenvalue weighted by Crippen LogP contribution is -2.19. The van der Waals surface area contributed by atoms with Crippen molar-refractivity contribution in [3.63, 3.8) is 0 Å². The van der Waals surface area contributed by atoms with Gasteiger partial charge in [0.2, 0.25) is 0 Å². The summed E-state index contributed by atoms with van der Waals surface area (Å²) in [6, 6.07) is 3.05. The number of nitrogens with two attached hydrogens (primary N) is 1. The van der Waals surface area contributed by atoms with Crippen LogP contribution in [0.3, 0.4) is 0 Å². The summed E-state index contributed by atoms with van der Waals surface area (Å²) in [4.78, 5) is 0. The summed E-state index contributed by atoms with van der Waals surface area (Å²) in [5.41, 5.74) is 6.87. The van der Waals surface area contributed by atoms with Gasteiger partial charge in [-0.2, -0.15) is 0 Å². The molecule has 0 aliphatic carbocycles. The van der Waals surface area contributed by atoms with Crippen molar-refractivity contribution >= 4 is 16.5 Å². The van der Waals surface area contributed by atoms with Gasteiger partial charge >= 0.3 is 0 Å². The molecule has 0 saturated heterocycles. The molecule has 8 heteroatoms. The normalized spacial score (nSPS) is 14.2. The van der Waals surface area contributed by atoms with E-state index in [1.54, 1.807) is 19.2 Å². The molecule has 0 saturated carbocycles. The number of rotatable bonds is 4. The maximum absolute atomic E-state index is 14.2. The van der Waals surface area contributed by atoms with E-state index in [0.717, 1.165) is 0 Å². The third-order valence-corrected chi connectivity index (χ3v) is 4.33. The number of benzene rings is 1. The zero-order valence-corrected chi connectivity index (χ0v) is 12.3. The van der Waals surface area contributed by atoms with Crippen molar-refractivity contribution in [3.8, 4) is 11.4 Å². The highest BCUT2D eigenvalue weighted by atomic mass is 32.2. The van der Waals surface area contributed by atoms with Crippen molar-refractivity contribution in [1.29, 1.82) is 0 Å². The van der Waals surface area contributed by atoms with Crippen LogP contribution >= 0.6 is 0 Å². The fraction of sp³-hybridized carbons (Fsp3) is 0.417. The van der Waals surface area contributed by atoms with Crippen molar-refractivity contribution < 1.29 is 8.60 Å². The molecule has 0 spiro atoms. The molecule has 0 aliphatic rings. The highest BCUT2D eigenvalue weighted by Crippen LogP contribution is 2.25. The van der Waals surface area contributed by atoms with Crippen LogP contribution in [0.2, 0.25) is 0 Å². The Morgan fingerprint density at radius 2 is 2.20 bits per heavy atom. The topological polar surface area (TPSA) is 86.7 Å². The molecule has 1 heterocycles. The van der Waals surface area contributed by atoms with Gasteiger partial charge in [-0.1, -0.05) is 0 Å². The van der Waals surface area contributed by atoms with Crippen LogP contribution in [0.5, 0.6) is 0 Å². The van der Waals surface area contributed by atoms with Crippen LogP contribution < -0.4 is 5.73 Å². The molecule has 20 heavy (non-hydrogen) atoms. The molecule has 2 unspecified atom stereocenters. The maximum atomic E-state index is 14.2. The van der Waals surface area contributed by atoms with E-state index in [0.29, 0.717) is 17.8 Å². The highest BCUT2D eigenvalue weighted by Gasteiger charge is 2.18. The molecular weight excluding hydrogens is 281 g/mol. The quantitative estimate of drug-likeness (QED) is 0.855. The molecule has 6 nitrogen and oxygen atoms in total. The van der Waals surface area contributed by atoms with Gasteiger partial charge in [-0.05, 0) is 42.0 Å². The van der Waals surface area contributed by atoms with Crippen molar-refractivity contribution in [3.05, 3.63) is 23.5 Å². The van der Waals surface area contributed by atoms with E-state index in [4.69, 9.17) is 5.73 Å². The van der Waals surface area contributed by atoms with Crippen LogP contribution in [0, 0.1) is 12.7 Å². The number of nitrogens with zero attached hydrogens (tertiary/aromatic N) is 4. The molecule has 108 valence electrons. The first-order valence-corrected chi connectivity index (χ1v) is 7.66. The molecule has 2 rings (SSSR count). The molecule has 0 fully saturated rings. The number of aromatic nitrogens is 4. The van der Waals surface area contributed by atoms with E-state index in [1.165, 1.54) is 10.7 Å². The van der Waals surface area contributed by atoms with E-state index in [1.807, 2.05) is 6.92 Å². The Balaban J connectivity index is 2.45. The number of nitrogen functional groups attached to an aromatic ring is 1. The average Bonchev–Trinajstić information content (AvgIpc) is 2.81. The fourth-order valence-corrected chi connectivity index (χ4v) is 2.18. The minimum atomic E-state index is -1.01.